The number of phenolic OH excluding ortho intramolecular Hbond substituents is 3. The topological polar surface area (TPSA) is 176 Å². The van der Waals surface area contributed by atoms with E-state index in [4.69, 9.17) is 26.4 Å². The van der Waals surface area contributed by atoms with Crippen molar-refractivity contribution in [3.8, 4) is 23.0 Å². The van der Waals surface area contributed by atoms with Gasteiger partial charge in [-0.1, -0.05) is 24.3 Å². The zero-order valence-corrected chi connectivity index (χ0v) is 17.2. The second-order valence-electron chi connectivity index (χ2n) is 7.20. The number of hydrogen-bond donors (Lipinski definition) is 6. The van der Waals surface area contributed by atoms with Crippen LogP contribution in [0, 0.1) is 0 Å². The Hall–Kier alpha value is -4.24. The molecule has 0 spiro atoms. The Kier molecular flexibility index (Phi) is 7.65. The van der Waals surface area contributed by atoms with Crippen molar-refractivity contribution in [3.05, 3.63) is 77.9 Å². The van der Waals surface area contributed by atoms with Gasteiger partial charge in [0.05, 0.1) is 0 Å². The summed E-state index contributed by atoms with van der Waals surface area (Å²) in [5.74, 6) is -2.02. The maximum absolute atomic E-state index is 11.7. The summed E-state index contributed by atoms with van der Waals surface area (Å²) in [4.78, 5) is 22.5. The lowest BCUT2D eigenvalue weighted by Gasteiger charge is -2.19. The van der Waals surface area contributed by atoms with Crippen molar-refractivity contribution in [3.63, 3.8) is 0 Å². The quantitative estimate of drug-likeness (QED) is 0.151. The lowest BCUT2D eigenvalue weighted by atomic mass is 9.94. The Morgan fingerprint density at radius 3 is 2.12 bits per heavy atom. The molecule has 9 heteroatoms. The highest BCUT2D eigenvalue weighted by Gasteiger charge is 2.28. The van der Waals surface area contributed by atoms with E-state index in [-0.39, 0.29) is 29.2 Å². The molecule has 168 valence electrons. The molecule has 1 unspecified atom stereocenters. The number of para-hydroxylation sites is 1. The van der Waals surface area contributed by atoms with Crippen molar-refractivity contribution < 1.29 is 34.8 Å². The van der Waals surface area contributed by atoms with E-state index in [9.17, 15) is 19.8 Å². The van der Waals surface area contributed by atoms with Crippen LogP contribution in [0.15, 0.2) is 66.7 Å². The van der Waals surface area contributed by atoms with Gasteiger partial charge in [-0.2, -0.15) is 0 Å². The summed E-state index contributed by atoms with van der Waals surface area (Å²) in [5, 5.41) is 36.6. The highest BCUT2D eigenvalue weighted by Crippen LogP contribution is 2.26. The molecule has 0 heterocycles. The summed E-state index contributed by atoms with van der Waals surface area (Å²) in [7, 11) is 0. The van der Waals surface area contributed by atoms with Gasteiger partial charge in [0.1, 0.15) is 22.6 Å². The third-order valence-corrected chi connectivity index (χ3v) is 4.30. The monoisotopic (exact) mass is 440 g/mol. The highest BCUT2D eigenvalue weighted by atomic mass is 16.5. The summed E-state index contributed by atoms with van der Waals surface area (Å²) >= 11 is 0. The summed E-state index contributed by atoms with van der Waals surface area (Å²) in [6.45, 7) is 1.39. The zero-order chi connectivity index (χ0) is 23.9. The van der Waals surface area contributed by atoms with Gasteiger partial charge in [-0.05, 0) is 48.9 Å². The predicted octanol–water partition coefficient (Wildman–Crippen LogP) is 2.64. The largest absolute Gasteiger partial charge is 0.507 e. The maximum atomic E-state index is 11.7. The minimum absolute atomic E-state index is 0.0795. The molecule has 3 aromatic rings. The number of carboxylic acids is 1. The normalized spacial score (nSPS) is 12.1. The van der Waals surface area contributed by atoms with Crippen LogP contribution in [0.3, 0.4) is 0 Å². The van der Waals surface area contributed by atoms with Gasteiger partial charge in [-0.15, -0.1) is 0 Å². The molecule has 32 heavy (non-hydrogen) atoms. The number of aromatic hydroxyl groups is 3. The number of aliphatic carboxylic acids is 1. The minimum Gasteiger partial charge on any atom is -0.507 e. The first-order valence-corrected chi connectivity index (χ1v) is 9.38. The molecule has 0 aliphatic heterocycles. The van der Waals surface area contributed by atoms with E-state index >= 15 is 0 Å². The summed E-state index contributed by atoms with van der Waals surface area (Å²) in [6.07, 6.45) is 0.0795. The Balaban J connectivity index is 0.000000229. The van der Waals surface area contributed by atoms with Crippen LogP contribution in [0.5, 0.6) is 23.0 Å². The van der Waals surface area contributed by atoms with E-state index in [2.05, 4.69) is 0 Å². The van der Waals surface area contributed by atoms with Crippen LogP contribution in [0.1, 0.15) is 22.8 Å². The van der Waals surface area contributed by atoms with Crippen LogP contribution in [-0.2, 0) is 11.2 Å². The molecule has 9 nitrogen and oxygen atoms in total. The Labute approximate surface area is 184 Å². The van der Waals surface area contributed by atoms with Crippen LogP contribution >= 0.6 is 0 Å². The van der Waals surface area contributed by atoms with Gasteiger partial charge in [-0.25, -0.2) is 4.79 Å². The third kappa shape index (κ3) is 6.64. The number of hydrogen-bond acceptors (Lipinski definition) is 8. The number of nitrogens with two attached hydrogens (primary N) is 2. The molecule has 3 aromatic carbocycles. The number of ether oxygens (including phenoxy) is 1. The van der Waals surface area contributed by atoms with Crippen LogP contribution in [0.4, 0.5) is 5.69 Å². The molecule has 0 fully saturated rings. The van der Waals surface area contributed by atoms with Crippen molar-refractivity contribution in [2.24, 2.45) is 5.73 Å². The SMILES string of the molecule is CC(N)(Cc1ccc(O)c(O)c1)C(=O)O.Nc1ccc(C(=O)Oc2ccccc2)c(O)c1. The molecule has 8 N–H and O–H groups in total. The average molecular weight is 440 g/mol. The fraction of sp³-hybridized carbons (Fsp3) is 0.130. The molecule has 0 amide bonds. The first-order valence-electron chi connectivity index (χ1n) is 9.38. The number of carboxylic acid groups (broad SMARTS) is 1. The summed E-state index contributed by atoms with van der Waals surface area (Å²) < 4.78 is 5.08. The Morgan fingerprint density at radius 2 is 1.56 bits per heavy atom. The van der Waals surface area contributed by atoms with Gasteiger partial charge >= 0.3 is 11.9 Å². The number of esters is 1. The molecular weight excluding hydrogens is 416 g/mol. The number of rotatable bonds is 5. The Morgan fingerprint density at radius 1 is 0.906 bits per heavy atom. The molecule has 0 aliphatic carbocycles. The van der Waals surface area contributed by atoms with Gasteiger partial charge in [0.2, 0.25) is 0 Å². The number of carbonyl (C=O) groups excluding carboxylic acids is 1. The molecule has 0 aliphatic rings. The van der Waals surface area contributed by atoms with Crippen LogP contribution in [-0.4, -0.2) is 37.9 Å². The van der Waals surface area contributed by atoms with Crippen molar-refractivity contribution in [1.82, 2.24) is 0 Å². The van der Waals surface area contributed by atoms with E-state index in [1.807, 2.05) is 6.07 Å². The van der Waals surface area contributed by atoms with E-state index in [0.717, 1.165) is 0 Å². The average Bonchev–Trinajstić information content (AvgIpc) is 2.71. The molecule has 0 bridgehead atoms. The van der Waals surface area contributed by atoms with Gasteiger partial charge in [-0.3, -0.25) is 4.79 Å². The van der Waals surface area contributed by atoms with Crippen LogP contribution in [0.2, 0.25) is 0 Å². The highest BCUT2D eigenvalue weighted by molar-refractivity contribution is 5.94. The van der Waals surface area contributed by atoms with Crippen LogP contribution in [0.25, 0.3) is 0 Å². The molecular formula is C23H24N2O7. The predicted molar refractivity (Wildman–Crippen MR) is 118 cm³/mol. The molecule has 0 radical (unpaired) electrons. The van der Waals surface area contributed by atoms with E-state index < -0.39 is 17.5 Å². The fourth-order valence-electron chi connectivity index (χ4n) is 2.55. The maximum Gasteiger partial charge on any atom is 0.347 e. The van der Waals surface area contributed by atoms with Gasteiger partial charge in [0, 0.05) is 18.2 Å². The lowest BCUT2D eigenvalue weighted by Crippen LogP contribution is -2.46. The van der Waals surface area contributed by atoms with Crippen molar-refractivity contribution in [2.75, 3.05) is 5.73 Å². The second-order valence-corrected chi connectivity index (χ2v) is 7.20. The van der Waals surface area contributed by atoms with Crippen molar-refractivity contribution >= 4 is 17.6 Å². The van der Waals surface area contributed by atoms with Crippen molar-refractivity contribution in [2.45, 2.75) is 18.9 Å². The molecule has 0 aromatic heterocycles. The minimum atomic E-state index is -1.39. The van der Waals surface area contributed by atoms with E-state index in [1.165, 1.54) is 43.3 Å². The zero-order valence-electron chi connectivity index (χ0n) is 17.2. The molecule has 0 saturated carbocycles. The van der Waals surface area contributed by atoms with Gasteiger partial charge in [0.25, 0.3) is 0 Å². The Bertz CT molecular complexity index is 1100. The fourth-order valence-corrected chi connectivity index (χ4v) is 2.55. The van der Waals surface area contributed by atoms with E-state index in [1.54, 1.807) is 24.3 Å². The standard InChI is InChI=1S/C13H11NO3.C10H13NO4/c14-9-6-7-11(12(15)8-9)13(16)17-10-4-2-1-3-5-10;1-10(11,9(14)15)5-6-2-3-7(12)8(13)4-6/h1-8,15H,14H2;2-4,12-13H,5,11H2,1H3,(H,14,15). The lowest BCUT2D eigenvalue weighted by molar-refractivity contribution is -0.142. The first kappa shape index (κ1) is 24.0. The number of benzene rings is 3. The molecule has 3 rings (SSSR count). The first-order chi connectivity index (χ1) is 15.0. The van der Waals surface area contributed by atoms with E-state index in [0.29, 0.717) is 17.0 Å². The number of carbonyl (C=O) groups is 2. The van der Waals surface area contributed by atoms with Gasteiger partial charge < -0.3 is 36.6 Å². The third-order valence-electron chi connectivity index (χ3n) is 4.30. The second kappa shape index (κ2) is 10.2. The van der Waals surface area contributed by atoms with Crippen LogP contribution < -0.4 is 16.2 Å². The van der Waals surface area contributed by atoms with Crippen molar-refractivity contribution in [1.29, 1.82) is 0 Å². The number of nitrogen functional groups attached to an aromatic ring is 1. The molecule has 1 atom stereocenters. The number of anilines is 1. The smallest absolute Gasteiger partial charge is 0.347 e. The summed E-state index contributed by atoms with van der Waals surface area (Å²) in [5.41, 5.74) is 10.6. The molecule has 0 saturated heterocycles. The summed E-state index contributed by atoms with van der Waals surface area (Å²) in [6, 6.07) is 17.0. The number of phenols is 3. The van der Waals surface area contributed by atoms with Gasteiger partial charge in [0.15, 0.2) is 11.5 Å².